The van der Waals surface area contributed by atoms with E-state index in [2.05, 4.69) is 12.6 Å². The van der Waals surface area contributed by atoms with Crippen LogP contribution in [0.3, 0.4) is 0 Å². The largest absolute Gasteiger partial charge is 0.493 e. The first-order chi connectivity index (χ1) is 8.39. The van der Waals surface area contributed by atoms with Crippen LogP contribution in [-0.4, -0.2) is 24.4 Å². The Morgan fingerprint density at radius 1 is 1.44 bits per heavy atom. The minimum Gasteiger partial charge on any atom is -0.493 e. The van der Waals surface area contributed by atoms with E-state index in [9.17, 15) is 10.1 Å². The second-order valence-electron chi connectivity index (χ2n) is 4.70. The minimum absolute atomic E-state index is 0.0855. The monoisotopic (exact) mass is 271 g/mol. The van der Waals surface area contributed by atoms with Crippen LogP contribution in [0.1, 0.15) is 13.8 Å². The standard InChI is InChI=1S/C12H17NO4S/c1-12(2,8-18)7-17-9-4-5-11(16-3)10(6-9)13(14)15/h4-6,18H,7-8H2,1-3H3. The number of hydrogen-bond donors (Lipinski definition) is 1. The molecule has 0 bridgehead atoms. The summed E-state index contributed by atoms with van der Waals surface area (Å²) in [4.78, 5) is 10.4. The van der Waals surface area contributed by atoms with Gasteiger partial charge < -0.3 is 9.47 Å². The smallest absolute Gasteiger partial charge is 0.314 e. The Kier molecular flexibility index (Phi) is 4.84. The first-order valence-electron chi connectivity index (χ1n) is 5.46. The maximum absolute atomic E-state index is 10.8. The van der Waals surface area contributed by atoms with E-state index in [1.165, 1.54) is 19.2 Å². The number of nitrogens with zero attached hydrogens (tertiary/aromatic N) is 1. The van der Waals surface area contributed by atoms with E-state index in [-0.39, 0.29) is 16.9 Å². The Bertz CT molecular complexity index is 434. The Morgan fingerprint density at radius 2 is 2.11 bits per heavy atom. The zero-order valence-electron chi connectivity index (χ0n) is 10.7. The van der Waals surface area contributed by atoms with Gasteiger partial charge in [-0.15, -0.1) is 0 Å². The molecule has 0 aliphatic rings. The SMILES string of the molecule is COc1ccc(OCC(C)(C)CS)cc1[N+](=O)[O-]. The van der Waals surface area contributed by atoms with Crippen LogP contribution >= 0.6 is 12.6 Å². The number of hydrogen-bond acceptors (Lipinski definition) is 5. The van der Waals surface area contributed by atoms with Crippen LogP contribution < -0.4 is 9.47 Å². The maximum Gasteiger partial charge on any atom is 0.314 e. The predicted octanol–water partition coefficient (Wildman–Crippen LogP) is 2.94. The molecule has 5 nitrogen and oxygen atoms in total. The van der Waals surface area contributed by atoms with Gasteiger partial charge in [0.15, 0.2) is 5.75 Å². The third kappa shape index (κ3) is 3.80. The summed E-state index contributed by atoms with van der Waals surface area (Å²) < 4.78 is 10.5. The summed E-state index contributed by atoms with van der Waals surface area (Å²) >= 11 is 4.22. The molecule has 0 radical (unpaired) electrons. The first kappa shape index (κ1) is 14.6. The molecule has 0 amide bonds. The van der Waals surface area contributed by atoms with E-state index >= 15 is 0 Å². The fourth-order valence-corrected chi connectivity index (χ4v) is 1.32. The molecule has 0 spiro atoms. The predicted molar refractivity (Wildman–Crippen MR) is 72.8 cm³/mol. The quantitative estimate of drug-likeness (QED) is 0.491. The summed E-state index contributed by atoms with van der Waals surface area (Å²) in [7, 11) is 1.40. The van der Waals surface area contributed by atoms with Crippen molar-refractivity contribution in [2.75, 3.05) is 19.5 Å². The van der Waals surface area contributed by atoms with Crippen molar-refractivity contribution >= 4 is 18.3 Å². The maximum atomic E-state index is 10.8. The lowest BCUT2D eigenvalue weighted by atomic mass is 9.98. The normalized spacial score (nSPS) is 11.1. The van der Waals surface area contributed by atoms with Gasteiger partial charge in [-0.1, -0.05) is 13.8 Å². The second kappa shape index (κ2) is 5.95. The lowest BCUT2D eigenvalue weighted by Gasteiger charge is -2.22. The van der Waals surface area contributed by atoms with Crippen molar-refractivity contribution in [1.82, 2.24) is 0 Å². The molecular weight excluding hydrogens is 254 g/mol. The summed E-state index contributed by atoms with van der Waals surface area (Å²) in [5, 5.41) is 10.8. The van der Waals surface area contributed by atoms with Gasteiger partial charge in [0, 0.05) is 5.41 Å². The number of thiol groups is 1. The molecule has 6 heteroatoms. The van der Waals surface area contributed by atoms with E-state index in [0.717, 1.165) is 0 Å². The highest BCUT2D eigenvalue weighted by Crippen LogP contribution is 2.31. The third-order valence-electron chi connectivity index (χ3n) is 2.40. The Balaban J connectivity index is 2.86. The summed E-state index contributed by atoms with van der Waals surface area (Å²) in [5.74, 6) is 1.35. The average molecular weight is 271 g/mol. The highest BCUT2D eigenvalue weighted by molar-refractivity contribution is 7.80. The van der Waals surface area contributed by atoms with Crippen LogP contribution in [0.2, 0.25) is 0 Å². The van der Waals surface area contributed by atoms with Gasteiger partial charge in [0.2, 0.25) is 0 Å². The fraction of sp³-hybridized carbons (Fsp3) is 0.500. The molecule has 0 aliphatic heterocycles. The van der Waals surface area contributed by atoms with Gasteiger partial charge in [-0.25, -0.2) is 0 Å². The second-order valence-corrected chi connectivity index (χ2v) is 5.02. The number of nitro groups is 1. The lowest BCUT2D eigenvalue weighted by Crippen LogP contribution is -2.23. The minimum atomic E-state index is -0.491. The summed E-state index contributed by atoms with van der Waals surface area (Å²) in [6.07, 6.45) is 0. The van der Waals surface area contributed by atoms with E-state index < -0.39 is 4.92 Å². The van der Waals surface area contributed by atoms with Gasteiger partial charge in [0.25, 0.3) is 0 Å². The molecule has 0 atom stereocenters. The zero-order valence-corrected chi connectivity index (χ0v) is 11.6. The van der Waals surface area contributed by atoms with Crippen LogP contribution in [0, 0.1) is 15.5 Å². The Hall–Kier alpha value is -1.43. The zero-order chi connectivity index (χ0) is 13.8. The molecule has 0 unspecified atom stereocenters. The topological polar surface area (TPSA) is 61.6 Å². The van der Waals surface area contributed by atoms with Crippen LogP contribution in [0.5, 0.6) is 11.5 Å². The van der Waals surface area contributed by atoms with Gasteiger partial charge in [-0.05, 0) is 17.9 Å². The van der Waals surface area contributed by atoms with Gasteiger partial charge in [-0.3, -0.25) is 10.1 Å². The van der Waals surface area contributed by atoms with Crippen molar-refractivity contribution in [3.63, 3.8) is 0 Å². The van der Waals surface area contributed by atoms with E-state index in [1.807, 2.05) is 13.8 Å². The molecule has 18 heavy (non-hydrogen) atoms. The first-order valence-corrected chi connectivity index (χ1v) is 6.09. The van der Waals surface area contributed by atoms with Crippen molar-refractivity contribution in [2.24, 2.45) is 5.41 Å². The lowest BCUT2D eigenvalue weighted by molar-refractivity contribution is -0.385. The number of rotatable bonds is 6. The van der Waals surface area contributed by atoms with E-state index in [4.69, 9.17) is 9.47 Å². The average Bonchev–Trinajstić information content (AvgIpc) is 2.36. The fourth-order valence-electron chi connectivity index (χ4n) is 1.23. The van der Waals surface area contributed by atoms with Crippen molar-refractivity contribution < 1.29 is 14.4 Å². The summed E-state index contributed by atoms with van der Waals surface area (Å²) in [5.41, 5.74) is -0.184. The highest BCUT2D eigenvalue weighted by atomic mass is 32.1. The summed E-state index contributed by atoms with van der Waals surface area (Å²) in [6, 6.07) is 4.55. The van der Waals surface area contributed by atoms with Crippen molar-refractivity contribution in [2.45, 2.75) is 13.8 Å². The van der Waals surface area contributed by atoms with Crippen LogP contribution in [0.15, 0.2) is 18.2 Å². The van der Waals surface area contributed by atoms with Crippen molar-refractivity contribution in [3.8, 4) is 11.5 Å². The molecule has 1 aromatic rings. The van der Waals surface area contributed by atoms with Gasteiger partial charge in [-0.2, -0.15) is 12.6 Å². The Morgan fingerprint density at radius 3 is 2.61 bits per heavy atom. The number of nitro benzene ring substituents is 1. The van der Waals surface area contributed by atoms with Crippen LogP contribution in [0.25, 0.3) is 0 Å². The number of methoxy groups -OCH3 is 1. The Labute approximate surface area is 112 Å². The molecule has 100 valence electrons. The molecule has 0 heterocycles. The molecule has 1 aromatic carbocycles. The van der Waals surface area contributed by atoms with E-state index in [0.29, 0.717) is 18.1 Å². The molecular formula is C12H17NO4S. The van der Waals surface area contributed by atoms with Crippen molar-refractivity contribution in [1.29, 1.82) is 0 Å². The van der Waals surface area contributed by atoms with Gasteiger partial charge in [0.05, 0.1) is 24.7 Å². The van der Waals surface area contributed by atoms with Crippen LogP contribution in [0.4, 0.5) is 5.69 Å². The molecule has 0 fully saturated rings. The summed E-state index contributed by atoms with van der Waals surface area (Å²) in [6.45, 7) is 4.47. The van der Waals surface area contributed by atoms with Crippen molar-refractivity contribution in [3.05, 3.63) is 28.3 Å². The molecule has 0 saturated heterocycles. The third-order valence-corrected chi connectivity index (χ3v) is 3.26. The van der Waals surface area contributed by atoms with Gasteiger partial charge in [0.1, 0.15) is 5.75 Å². The number of ether oxygens (including phenoxy) is 2. The van der Waals surface area contributed by atoms with E-state index in [1.54, 1.807) is 6.07 Å². The van der Waals surface area contributed by atoms with Crippen LogP contribution in [-0.2, 0) is 0 Å². The molecule has 0 aliphatic carbocycles. The number of benzene rings is 1. The molecule has 0 saturated carbocycles. The molecule has 0 aromatic heterocycles. The molecule has 1 rings (SSSR count). The molecule has 0 N–H and O–H groups in total. The highest BCUT2D eigenvalue weighted by Gasteiger charge is 2.19. The van der Waals surface area contributed by atoms with Gasteiger partial charge >= 0.3 is 5.69 Å².